The van der Waals surface area contributed by atoms with E-state index in [-0.39, 0.29) is 11.9 Å². The molecule has 2 aliphatic carbocycles. The van der Waals surface area contributed by atoms with Gasteiger partial charge in [0.25, 0.3) is 0 Å². The molecule has 0 aromatic heterocycles. The first-order chi connectivity index (χ1) is 21.4. The molecular formula is C40H58O4. The van der Waals surface area contributed by atoms with E-state index in [4.69, 9.17) is 9.47 Å². The molecule has 4 rings (SSSR count). The Hall–Kier alpha value is -2.62. The number of unbranched alkanes of at least 4 members (excludes halogenated alkanes) is 4. The number of carbonyl (C=O) groups is 2. The van der Waals surface area contributed by atoms with Gasteiger partial charge in [-0.3, -0.25) is 0 Å². The van der Waals surface area contributed by atoms with Gasteiger partial charge in [-0.2, -0.15) is 0 Å². The third-order valence-corrected chi connectivity index (χ3v) is 10.6. The summed E-state index contributed by atoms with van der Waals surface area (Å²) in [5.41, 5.74) is 3.73. The zero-order chi connectivity index (χ0) is 31.3. The summed E-state index contributed by atoms with van der Waals surface area (Å²) in [6, 6.07) is 15.9. The molecule has 2 unspecified atom stereocenters. The van der Waals surface area contributed by atoms with Crippen molar-refractivity contribution in [1.29, 1.82) is 0 Å². The Morgan fingerprint density at radius 2 is 0.909 bits per heavy atom. The van der Waals surface area contributed by atoms with Crippen LogP contribution in [0.2, 0.25) is 0 Å². The van der Waals surface area contributed by atoms with E-state index in [0.717, 1.165) is 11.8 Å². The Morgan fingerprint density at radius 3 is 1.23 bits per heavy atom. The number of hydrogen-bond donors (Lipinski definition) is 0. The van der Waals surface area contributed by atoms with Crippen LogP contribution in [0, 0.1) is 11.8 Å². The van der Waals surface area contributed by atoms with Crippen LogP contribution in [0.5, 0.6) is 0 Å². The Morgan fingerprint density at radius 1 is 0.568 bits per heavy atom. The molecule has 0 aliphatic heterocycles. The molecule has 2 atom stereocenters. The lowest BCUT2D eigenvalue weighted by Gasteiger charge is -2.29. The van der Waals surface area contributed by atoms with E-state index in [2.05, 4.69) is 38.1 Å². The molecule has 4 nitrogen and oxygen atoms in total. The van der Waals surface area contributed by atoms with Crippen molar-refractivity contribution in [2.45, 2.75) is 154 Å². The standard InChI is InChI=1S/C40H58O4/c1-5-7-9-11-31-13-17-33(18-14-31)35-21-25-37(26-22-35)39(41)43-29(3)30(4)44-40(42)38-27-23-36(24-28-38)34-19-15-32(16-20-34)12-10-8-6-2/h21-34H,5-20H2,1-4H3. The van der Waals surface area contributed by atoms with E-state index >= 15 is 0 Å². The summed E-state index contributed by atoms with van der Waals surface area (Å²) in [5, 5.41) is 0. The molecule has 2 saturated carbocycles. The van der Waals surface area contributed by atoms with Gasteiger partial charge in [-0.05, 0) is 124 Å². The van der Waals surface area contributed by atoms with Gasteiger partial charge in [-0.25, -0.2) is 9.59 Å². The zero-order valence-corrected chi connectivity index (χ0v) is 28.0. The lowest BCUT2D eigenvalue weighted by Crippen LogP contribution is -2.30. The van der Waals surface area contributed by atoms with Crippen LogP contribution in [0.3, 0.4) is 0 Å². The van der Waals surface area contributed by atoms with Gasteiger partial charge in [-0.1, -0.05) is 89.5 Å². The third kappa shape index (κ3) is 10.2. The first-order valence-corrected chi connectivity index (χ1v) is 18.0. The normalized spacial score (nSPS) is 23.5. The van der Waals surface area contributed by atoms with Crippen LogP contribution in [0.1, 0.15) is 174 Å². The second kappa shape index (κ2) is 17.8. The predicted octanol–water partition coefficient (Wildman–Crippen LogP) is 11.2. The van der Waals surface area contributed by atoms with Gasteiger partial charge in [0.15, 0.2) is 0 Å². The van der Waals surface area contributed by atoms with Gasteiger partial charge in [0.2, 0.25) is 0 Å². The van der Waals surface area contributed by atoms with Crippen molar-refractivity contribution >= 4 is 11.9 Å². The van der Waals surface area contributed by atoms with Crippen molar-refractivity contribution in [3.63, 3.8) is 0 Å². The minimum absolute atomic E-state index is 0.379. The molecular weight excluding hydrogens is 544 g/mol. The van der Waals surface area contributed by atoms with Crippen molar-refractivity contribution < 1.29 is 19.1 Å². The number of carbonyl (C=O) groups excluding carboxylic acids is 2. The fraction of sp³-hybridized carbons (Fsp3) is 0.650. The molecule has 2 aliphatic rings. The molecule has 0 saturated heterocycles. The van der Waals surface area contributed by atoms with Gasteiger partial charge in [0.1, 0.15) is 12.2 Å². The maximum absolute atomic E-state index is 12.9. The van der Waals surface area contributed by atoms with E-state index in [1.165, 1.54) is 114 Å². The summed E-state index contributed by atoms with van der Waals surface area (Å²) in [4.78, 5) is 25.8. The molecule has 0 amide bonds. The molecule has 2 aromatic rings. The highest BCUT2D eigenvalue weighted by Gasteiger charge is 2.25. The first-order valence-electron chi connectivity index (χ1n) is 18.0. The number of hydrogen-bond acceptors (Lipinski definition) is 4. The van der Waals surface area contributed by atoms with Crippen LogP contribution < -0.4 is 0 Å². The van der Waals surface area contributed by atoms with Gasteiger partial charge >= 0.3 is 11.9 Å². The summed E-state index contributed by atoms with van der Waals surface area (Å²) in [5.74, 6) is 2.19. The first kappa shape index (κ1) is 34.3. The third-order valence-electron chi connectivity index (χ3n) is 10.6. The average molecular weight is 603 g/mol. The molecule has 0 radical (unpaired) electrons. The minimum Gasteiger partial charge on any atom is -0.455 e. The van der Waals surface area contributed by atoms with E-state index in [0.29, 0.717) is 23.0 Å². The summed E-state index contributed by atoms with van der Waals surface area (Å²) in [6.07, 6.45) is 19.9. The summed E-state index contributed by atoms with van der Waals surface area (Å²) >= 11 is 0. The van der Waals surface area contributed by atoms with Crippen LogP contribution in [0.4, 0.5) is 0 Å². The summed E-state index contributed by atoms with van der Waals surface area (Å²) in [7, 11) is 0. The van der Waals surface area contributed by atoms with Crippen molar-refractivity contribution in [3.05, 3.63) is 70.8 Å². The Balaban J connectivity index is 1.19. The molecule has 0 spiro atoms. The number of rotatable bonds is 15. The molecule has 0 bridgehead atoms. The van der Waals surface area contributed by atoms with E-state index in [1.807, 2.05) is 24.3 Å². The number of benzene rings is 2. The monoisotopic (exact) mass is 602 g/mol. The SMILES string of the molecule is CCCCCC1CCC(c2ccc(C(=O)OC(C)C(C)OC(=O)c3ccc(C4CCC(CCCCC)CC4)cc3)cc2)CC1. The van der Waals surface area contributed by atoms with Crippen molar-refractivity contribution in [2.24, 2.45) is 11.8 Å². The molecule has 4 heteroatoms. The predicted molar refractivity (Wildman–Crippen MR) is 180 cm³/mol. The minimum atomic E-state index is -0.555. The number of ether oxygens (including phenoxy) is 2. The Kier molecular flexibility index (Phi) is 13.8. The second-order valence-electron chi connectivity index (χ2n) is 13.9. The zero-order valence-electron chi connectivity index (χ0n) is 28.0. The topological polar surface area (TPSA) is 52.6 Å². The van der Waals surface area contributed by atoms with Gasteiger partial charge in [0.05, 0.1) is 11.1 Å². The fourth-order valence-electron chi connectivity index (χ4n) is 7.38. The van der Waals surface area contributed by atoms with E-state index in [1.54, 1.807) is 13.8 Å². The number of esters is 2. The molecule has 2 aromatic carbocycles. The highest BCUT2D eigenvalue weighted by Crippen LogP contribution is 2.39. The van der Waals surface area contributed by atoms with E-state index in [9.17, 15) is 9.59 Å². The van der Waals surface area contributed by atoms with Crippen molar-refractivity contribution in [2.75, 3.05) is 0 Å². The fourth-order valence-corrected chi connectivity index (χ4v) is 7.38. The van der Waals surface area contributed by atoms with E-state index < -0.39 is 12.2 Å². The highest BCUT2D eigenvalue weighted by atomic mass is 16.6. The molecule has 0 N–H and O–H groups in total. The van der Waals surface area contributed by atoms with Gasteiger partial charge < -0.3 is 9.47 Å². The molecule has 0 heterocycles. The van der Waals surface area contributed by atoms with Gasteiger partial charge in [0, 0.05) is 0 Å². The summed E-state index contributed by atoms with van der Waals surface area (Å²) in [6.45, 7) is 8.11. The second-order valence-corrected chi connectivity index (χ2v) is 13.9. The van der Waals surface area contributed by atoms with Crippen LogP contribution in [-0.2, 0) is 9.47 Å². The highest BCUT2D eigenvalue weighted by molar-refractivity contribution is 5.90. The van der Waals surface area contributed by atoms with Crippen LogP contribution in [0.25, 0.3) is 0 Å². The largest absolute Gasteiger partial charge is 0.455 e. The maximum Gasteiger partial charge on any atom is 0.338 e. The maximum atomic E-state index is 12.9. The lowest BCUT2D eigenvalue weighted by molar-refractivity contribution is -0.0239. The average Bonchev–Trinajstić information content (AvgIpc) is 3.05. The van der Waals surface area contributed by atoms with Gasteiger partial charge in [-0.15, -0.1) is 0 Å². The van der Waals surface area contributed by atoms with Crippen LogP contribution in [0.15, 0.2) is 48.5 Å². The van der Waals surface area contributed by atoms with Crippen LogP contribution in [-0.4, -0.2) is 24.1 Å². The van der Waals surface area contributed by atoms with Crippen molar-refractivity contribution in [3.8, 4) is 0 Å². The Bertz CT molecular complexity index is 1030. The lowest BCUT2D eigenvalue weighted by atomic mass is 9.77. The smallest absolute Gasteiger partial charge is 0.338 e. The quantitative estimate of drug-likeness (QED) is 0.150. The Labute approximate surface area is 267 Å². The summed E-state index contributed by atoms with van der Waals surface area (Å²) < 4.78 is 11.4. The molecule has 44 heavy (non-hydrogen) atoms. The van der Waals surface area contributed by atoms with Crippen LogP contribution >= 0.6 is 0 Å². The van der Waals surface area contributed by atoms with Crippen molar-refractivity contribution in [1.82, 2.24) is 0 Å². The molecule has 242 valence electrons. The molecule has 2 fully saturated rings.